The molecule has 21 heavy (non-hydrogen) atoms. The Bertz CT molecular complexity index is 446. The largest absolute Gasteiger partial charge is 0.507 e. The highest BCUT2D eigenvalue weighted by atomic mass is 16.3. The Balaban J connectivity index is 2.70. The molecule has 0 radical (unpaired) electrons. The molecule has 3 N–H and O–H groups in total. The number of carbonyl (C=O) groups is 1. The fraction of sp³-hybridized carbons (Fsp3) is 0.588. The minimum absolute atomic E-state index is 0.00767. The average Bonchev–Trinajstić information content (AvgIpc) is 2.49. The van der Waals surface area contributed by atoms with Gasteiger partial charge in [-0.05, 0) is 30.0 Å². The lowest BCUT2D eigenvalue weighted by atomic mass is 9.91. The van der Waals surface area contributed by atoms with Crippen molar-refractivity contribution in [3.63, 3.8) is 0 Å². The smallest absolute Gasteiger partial charge is 0.255 e. The van der Waals surface area contributed by atoms with Gasteiger partial charge < -0.3 is 15.5 Å². The number of hydrogen-bond donors (Lipinski definition) is 3. The first kappa shape index (κ1) is 17.5. The second-order valence-electron chi connectivity index (χ2n) is 5.45. The zero-order valence-electron chi connectivity index (χ0n) is 13.1. The van der Waals surface area contributed by atoms with Gasteiger partial charge in [0.15, 0.2) is 0 Å². The van der Waals surface area contributed by atoms with E-state index in [2.05, 4.69) is 19.2 Å². The number of phenolic OH excluding ortho intramolecular Hbond substituents is 1. The topological polar surface area (TPSA) is 69.6 Å². The number of amides is 1. The van der Waals surface area contributed by atoms with Gasteiger partial charge in [0, 0.05) is 6.54 Å². The van der Waals surface area contributed by atoms with Crippen LogP contribution in [-0.4, -0.2) is 29.3 Å². The summed E-state index contributed by atoms with van der Waals surface area (Å²) in [6.07, 6.45) is 5.69. The SMILES string of the molecule is CCCCC(CC)Cc1ccc(C(=O)NCCO)c(O)c1. The molecule has 0 fully saturated rings. The van der Waals surface area contributed by atoms with E-state index in [4.69, 9.17) is 5.11 Å². The fourth-order valence-corrected chi connectivity index (χ4v) is 2.44. The Morgan fingerprint density at radius 1 is 1.33 bits per heavy atom. The van der Waals surface area contributed by atoms with Gasteiger partial charge in [-0.25, -0.2) is 0 Å². The van der Waals surface area contributed by atoms with Gasteiger partial charge in [-0.3, -0.25) is 4.79 Å². The summed E-state index contributed by atoms with van der Waals surface area (Å²) >= 11 is 0. The lowest BCUT2D eigenvalue weighted by molar-refractivity contribution is 0.0942. The number of carbonyl (C=O) groups excluding carboxylic acids is 1. The van der Waals surface area contributed by atoms with Crippen molar-refractivity contribution in [1.29, 1.82) is 0 Å². The minimum Gasteiger partial charge on any atom is -0.507 e. The van der Waals surface area contributed by atoms with Crippen LogP contribution < -0.4 is 5.32 Å². The minimum atomic E-state index is -0.355. The first-order valence-electron chi connectivity index (χ1n) is 7.83. The van der Waals surface area contributed by atoms with Gasteiger partial charge in [0.05, 0.1) is 12.2 Å². The van der Waals surface area contributed by atoms with Gasteiger partial charge in [0.2, 0.25) is 0 Å². The summed E-state index contributed by atoms with van der Waals surface area (Å²) < 4.78 is 0. The Kier molecular flexibility index (Phi) is 7.83. The molecule has 0 aliphatic rings. The van der Waals surface area contributed by atoms with Crippen LogP contribution in [0.3, 0.4) is 0 Å². The molecule has 1 atom stereocenters. The number of rotatable bonds is 9. The molecule has 0 aromatic heterocycles. The van der Waals surface area contributed by atoms with E-state index < -0.39 is 0 Å². The van der Waals surface area contributed by atoms with Crippen LogP contribution in [0.5, 0.6) is 5.75 Å². The fourth-order valence-electron chi connectivity index (χ4n) is 2.44. The number of hydrogen-bond acceptors (Lipinski definition) is 3. The number of nitrogens with one attached hydrogen (secondary N) is 1. The molecule has 1 unspecified atom stereocenters. The molecule has 0 bridgehead atoms. The lowest BCUT2D eigenvalue weighted by Gasteiger charge is -2.15. The first-order chi connectivity index (χ1) is 10.1. The van der Waals surface area contributed by atoms with Crippen LogP contribution >= 0.6 is 0 Å². The molecule has 1 rings (SSSR count). The second-order valence-corrected chi connectivity index (χ2v) is 5.45. The molecule has 118 valence electrons. The van der Waals surface area contributed by atoms with Gasteiger partial charge >= 0.3 is 0 Å². The Hall–Kier alpha value is -1.55. The van der Waals surface area contributed by atoms with Crippen molar-refractivity contribution in [3.05, 3.63) is 29.3 Å². The first-order valence-corrected chi connectivity index (χ1v) is 7.83. The van der Waals surface area contributed by atoms with Crippen molar-refractivity contribution in [2.45, 2.75) is 46.0 Å². The third-order valence-electron chi connectivity index (χ3n) is 3.77. The van der Waals surface area contributed by atoms with Gasteiger partial charge in [0.25, 0.3) is 5.91 Å². The van der Waals surface area contributed by atoms with Crippen molar-refractivity contribution in [2.24, 2.45) is 5.92 Å². The highest BCUT2D eigenvalue weighted by molar-refractivity contribution is 5.96. The molecular weight excluding hydrogens is 266 g/mol. The molecule has 0 spiro atoms. The Morgan fingerprint density at radius 3 is 2.67 bits per heavy atom. The number of aromatic hydroxyl groups is 1. The molecule has 4 heteroatoms. The van der Waals surface area contributed by atoms with Gasteiger partial charge in [0.1, 0.15) is 5.75 Å². The van der Waals surface area contributed by atoms with Crippen molar-refractivity contribution < 1.29 is 15.0 Å². The van der Waals surface area contributed by atoms with E-state index in [-0.39, 0.29) is 30.4 Å². The van der Waals surface area contributed by atoms with Crippen LogP contribution in [0.1, 0.15) is 55.5 Å². The predicted octanol–water partition coefficient (Wildman–Crippen LogP) is 2.87. The maximum atomic E-state index is 11.8. The monoisotopic (exact) mass is 293 g/mol. The summed E-state index contributed by atoms with van der Waals surface area (Å²) in [6.45, 7) is 4.46. The Morgan fingerprint density at radius 2 is 2.10 bits per heavy atom. The van der Waals surface area contributed by atoms with Crippen LogP contribution in [0.15, 0.2) is 18.2 Å². The zero-order chi connectivity index (χ0) is 15.7. The number of unbranched alkanes of at least 4 members (excludes halogenated alkanes) is 1. The molecule has 0 saturated carbocycles. The molecule has 0 saturated heterocycles. The standard InChI is InChI=1S/C17H27NO3/c1-3-5-6-13(4-2)11-14-7-8-15(16(20)12-14)17(21)18-9-10-19/h7-8,12-13,19-20H,3-6,9-11H2,1-2H3,(H,18,21). The summed E-state index contributed by atoms with van der Waals surface area (Å²) in [5, 5.41) is 21.2. The van der Waals surface area contributed by atoms with Crippen molar-refractivity contribution in [1.82, 2.24) is 5.32 Å². The van der Waals surface area contributed by atoms with E-state index >= 15 is 0 Å². The van der Waals surface area contributed by atoms with E-state index in [1.807, 2.05) is 6.07 Å². The third-order valence-corrected chi connectivity index (χ3v) is 3.77. The second kappa shape index (κ2) is 9.40. The molecule has 0 aliphatic carbocycles. The molecule has 4 nitrogen and oxygen atoms in total. The van der Waals surface area contributed by atoms with Crippen LogP contribution in [0, 0.1) is 5.92 Å². The number of benzene rings is 1. The van der Waals surface area contributed by atoms with E-state index in [1.165, 1.54) is 19.3 Å². The van der Waals surface area contributed by atoms with Gasteiger partial charge in [-0.2, -0.15) is 0 Å². The van der Waals surface area contributed by atoms with Crippen molar-refractivity contribution in [2.75, 3.05) is 13.2 Å². The maximum absolute atomic E-state index is 11.8. The lowest BCUT2D eigenvalue weighted by Crippen LogP contribution is -2.26. The van der Waals surface area contributed by atoms with Crippen LogP contribution in [0.4, 0.5) is 0 Å². The van der Waals surface area contributed by atoms with Crippen molar-refractivity contribution in [3.8, 4) is 5.75 Å². The molecule has 0 heterocycles. The zero-order valence-corrected chi connectivity index (χ0v) is 13.1. The molecule has 0 aliphatic heterocycles. The predicted molar refractivity (Wildman–Crippen MR) is 84.5 cm³/mol. The van der Waals surface area contributed by atoms with Crippen LogP contribution in [-0.2, 0) is 6.42 Å². The van der Waals surface area contributed by atoms with E-state index in [1.54, 1.807) is 12.1 Å². The average molecular weight is 293 g/mol. The summed E-state index contributed by atoms with van der Waals surface area (Å²) in [7, 11) is 0. The normalized spacial score (nSPS) is 12.1. The number of phenols is 1. The summed E-state index contributed by atoms with van der Waals surface area (Å²) in [5.41, 5.74) is 1.32. The van der Waals surface area contributed by atoms with Crippen LogP contribution in [0.2, 0.25) is 0 Å². The van der Waals surface area contributed by atoms with E-state index in [9.17, 15) is 9.90 Å². The summed E-state index contributed by atoms with van der Waals surface area (Å²) in [5.74, 6) is 0.276. The van der Waals surface area contributed by atoms with E-state index in [0.717, 1.165) is 18.4 Å². The van der Waals surface area contributed by atoms with E-state index in [0.29, 0.717) is 5.92 Å². The van der Waals surface area contributed by atoms with Gasteiger partial charge in [-0.15, -0.1) is 0 Å². The molecule has 1 aromatic rings. The molecule has 1 amide bonds. The van der Waals surface area contributed by atoms with Gasteiger partial charge in [-0.1, -0.05) is 45.6 Å². The van der Waals surface area contributed by atoms with Crippen LogP contribution in [0.25, 0.3) is 0 Å². The summed E-state index contributed by atoms with van der Waals surface area (Å²) in [6, 6.07) is 5.24. The summed E-state index contributed by atoms with van der Waals surface area (Å²) in [4.78, 5) is 11.8. The number of aliphatic hydroxyl groups excluding tert-OH is 1. The molecule has 1 aromatic carbocycles. The molecular formula is C17H27NO3. The third kappa shape index (κ3) is 5.76. The Labute approximate surface area is 127 Å². The van der Waals surface area contributed by atoms with Crippen molar-refractivity contribution >= 4 is 5.91 Å². The highest BCUT2D eigenvalue weighted by Gasteiger charge is 2.13. The number of aliphatic hydroxyl groups is 1. The maximum Gasteiger partial charge on any atom is 0.255 e. The quantitative estimate of drug-likeness (QED) is 0.655. The highest BCUT2D eigenvalue weighted by Crippen LogP contribution is 2.23.